The van der Waals surface area contributed by atoms with Crippen molar-refractivity contribution in [1.29, 1.82) is 0 Å². The van der Waals surface area contributed by atoms with Crippen LogP contribution >= 0.6 is 0 Å². The lowest BCUT2D eigenvalue weighted by molar-refractivity contribution is 0.448. The molecule has 1 aromatic heterocycles. The largest absolute Gasteiger partial charge is 0.507 e. The predicted molar refractivity (Wildman–Crippen MR) is 73.5 cm³/mol. The van der Waals surface area contributed by atoms with E-state index in [1.165, 1.54) is 0 Å². The molecule has 0 radical (unpaired) electrons. The van der Waals surface area contributed by atoms with Crippen LogP contribution in [0.15, 0.2) is 18.3 Å². The topological polar surface area (TPSA) is 74.9 Å². The van der Waals surface area contributed by atoms with Crippen molar-refractivity contribution in [2.75, 3.05) is 5.73 Å². The van der Waals surface area contributed by atoms with E-state index in [1.807, 2.05) is 19.1 Å². The quantitative estimate of drug-likeness (QED) is 0.723. The molecule has 1 heterocycles. The monoisotopic (exact) mass is 245 g/mol. The number of hydrogen-bond donors (Lipinski definition) is 3. The number of phenols is 1. The van der Waals surface area contributed by atoms with Crippen molar-refractivity contribution in [3.8, 4) is 16.9 Å². The molecular formula is C14H19N3O. The van der Waals surface area contributed by atoms with Crippen molar-refractivity contribution in [3.63, 3.8) is 0 Å². The van der Waals surface area contributed by atoms with Crippen molar-refractivity contribution in [3.05, 3.63) is 29.5 Å². The molecule has 1 aromatic carbocycles. The third-order valence-electron chi connectivity index (χ3n) is 3.02. The Morgan fingerprint density at radius 2 is 1.89 bits per heavy atom. The summed E-state index contributed by atoms with van der Waals surface area (Å²) in [5.41, 5.74) is 9.17. The summed E-state index contributed by atoms with van der Waals surface area (Å²) in [5, 5.41) is 17.0. The number of rotatable bonds is 1. The second-order valence-corrected chi connectivity index (χ2v) is 5.66. The minimum atomic E-state index is -0.122. The molecular weight excluding hydrogens is 226 g/mol. The zero-order valence-electron chi connectivity index (χ0n) is 11.2. The molecule has 2 rings (SSSR count). The van der Waals surface area contributed by atoms with E-state index < -0.39 is 0 Å². The number of nitrogen functional groups attached to an aromatic ring is 1. The molecule has 0 spiro atoms. The van der Waals surface area contributed by atoms with Gasteiger partial charge in [-0.05, 0) is 24.0 Å². The second-order valence-electron chi connectivity index (χ2n) is 5.66. The van der Waals surface area contributed by atoms with Gasteiger partial charge in [0, 0.05) is 16.7 Å². The Balaban J connectivity index is 2.70. The minimum absolute atomic E-state index is 0.122. The van der Waals surface area contributed by atoms with Gasteiger partial charge >= 0.3 is 0 Å². The summed E-state index contributed by atoms with van der Waals surface area (Å²) < 4.78 is 0. The normalized spacial score (nSPS) is 11.8. The van der Waals surface area contributed by atoms with Crippen LogP contribution in [0.25, 0.3) is 11.1 Å². The summed E-state index contributed by atoms with van der Waals surface area (Å²) in [6.07, 6.45) is 1.64. The number of benzene rings is 1. The number of nitrogens with zero attached hydrogens (tertiary/aromatic N) is 1. The lowest BCUT2D eigenvalue weighted by Gasteiger charge is -2.22. The summed E-state index contributed by atoms with van der Waals surface area (Å²) >= 11 is 0. The maximum absolute atomic E-state index is 10.4. The summed E-state index contributed by atoms with van der Waals surface area (Å²) in [6, 6.07) is 3.93. The Hall–Kier alpha value is -1.97. The number of hydrogen-bond acceptors (Lipinski definition) is 3. The van der Waals surface area contributed by atoms with Crippen LogP contribution in [0.2, 0.25) is 0 Å². The number of aromatic hydroxyl groups is 1. The van der Waals surface area contributed by atoms with E-state index in [4.69, 9.17) is 5.73 Å². The Morgan fingerprint density at radius 1 is 1.22 bits per heavy atom. The summed E-state index contributed by atoms with van der Waals surface area (Å²) in [5.74, 6) is 0.747. The first-order chi connectivity index (χ1) is 8.30. The standard InChI is InChI=1S/C14H19N3O/c1-8-5-9(10-7-16-17-13(10)15)12(18)11(6-8)14(2,3)4/h5-7,18H,1-4H3,(H3,15,16,17). The van der Waals surface area contributed by atoms with Crippen LogP contribution < -0.4 is 5.73 Å². The molecule has 0 aliphatic carbocycles. The van der Waals surface area contributed by atoms with Crippen LogP contribution in [0.3, 0.4) is 0 Å². The Bertz CT molecular complexity index is 579. The van der Waals surface area contributed by atoms with Crippen molar-refractivity contribution in [2.45, 2.75) is 33.1 Å². The van der Waals surface area contributed by atoms with Crippen LogP contribution in [0.1, 0.15) is 31.9 Å². The molecule has 4 nitrogen and oxygen atoms in total. The molecule has 4 N–H and O–H groups in total. The molecule has 0 unspecified atom stereocenters. The fourth-order valence-electron chi connectivity index (χ4n) is 2.07. The molecule has 0 bridgehead atoms. The van der Waals surface area contributed by atoms with Crippen LogP contribution in [-0.2, 0) is 5.41 Å². The van der Waals surface area contributed by atoms with Crippen LogP contribution in [-0.4, -0.2) is 15.3 Å². The Morgan fingerprint density at radius 3 is 2.39 bits per heavy atom. The van der Waals surface area contributed by atoms with Gasteiger partial charge in [-0.2, -0.15) is 5.10 Å². The molecule has 0 saturated carbocycles. The lowest BCUT2D eigenvalue weighted by Crippen LogP contribution is -2.12. The average molecular weight is 245 g/mol. The van der Waals surface area contributed by atoms with Crippen molar-refractivity contribution < 1.29 is 5.11 Å². The minimum Gasteiger partial charge on any atom is -0.507 e. The predicted octanol–water partition coefficient (Wildman–Crippen LogP) is 2.97. The Labute approximate surface area is 107 Å². The smallest absolute Gasteiger partial charge is 0.127 e. The van der Waals surface area contributed by atoms with E-state index >= 15 is 0 Å². The van der Waals surface area contributed by atoms with Gasteiger partial charge in [-0.15, -0.1) is 0 Å². The molecule has 4 heteroatoms. The molecule has 0 aliphatic heterocycles. The fraction of sp³-hybridized carbons (Fsp3) is 0.357. The van der Waals surface area contributed by atoms with Gasteiger partial charge in [0.25, 0.3) is 0 Å². The van der Waals surface area contributed by atoms with Gasteiger partial charge < -0.3 is 10.8 Å². The first-order valence-electron chi connectivity index (χ1n) is 5.94. The van der Waals surface area contributed by atoms with E-state index in [0.29, 0.717) is 5.82 Å². The average Bonchev–Trinajstić information content (AvgIpc) is 2.66. The molecule has 0 aliphatic rings. The zero-order chi connectivity index (χ0) is 13.5. The highest BCUT2D eigenvalue weighted by Crippen LogP contribution is 2.40. The highest BCUT2D eigenvalue weighted by molar-refractivity contribution is 5.79. The van der Waals surface area contributed by atoms with Gasteiger partial charge in [0.05, 0.1) is 6.20 Å². The SMILES string of the molecule is Cc1cc(-c2cn[nH]c2N)c(O)c(C(C)(C)C)c1. The number of aromatic nitrogens is 2. The fourth-order valence-corrected chi connectivity index (χ4v) is 2.07. The van der Waals surface area contributed by atoms with Crippen LogP contribution in [0.5, 0.6) is 5.75 Å². The summed E-state index contributed by atoms with van der Waals surface area (Å²) in [4.78, 5) is 0. The first-order valence-corrected chi connectivity index (χ1v) is 5.94. The number of nitrogens with two attached hydrogens (primary N) is 1. The van der Waals surface area contributed by atoms with Gasteiger partial charge in [-0.3, -0.25) is 5.10 Å². The molecule has 0 atom stereocenters. The van der Waals surface area contributed by atoms with Gasteiger partial charge in [0.1, 0.15) is 11.6 Å². The van der Waals surface area contributed by atoms with Crippen LogP contribution in [0.4, 0.5) is 5.82 Å². The maximum Gasteiger partial charge on any atom is 0.127 e. The second kappa shape index (κ2) is 4.05. The van der Waals surface area contributed by atoms with Crippen molar-refractivity contribution >= 4 is 5.82 Å². The number of aryl methyl sites for hydroxylation is 1. The zero-order valence-corrected chi connectivity index (χ0v) is 11.2. The number of phenolic OH excluding ortho intramolecular Hbond substituents is 1. The van der Waals surface area contributed by atoms with Crippen LogP contribution in [0, 0.1) is 6.92 Å². The number of nitrogens with one attached hydrogen (secondary N) is 1. The summed E-state index contributed by atoms with van der Waals surface area (Å²) in [7, 11) is 0. The molecule has 0 fully saturated rings. The van der Waals surface area contributed by atoms with Gasteiger partial charge in [0.15, 0.2) is 0 Å². The van der Waals surface area contributed by atoms with Crippen molar-refractivity contribution in [2.24, 2.45) is 0 Å². The molecule has 0 saturated heterocycles. The van der Waals surface area contributed by atoms with E-state index in [1.54, 1.807) is 6.20 Å². The number of anilines is 1. The van der Waals surface area contributed by atoms with E-state index in [-0.39, 0.29) is 11.2 Å². The highest BCUT2D eigenvalue weighted by atomic mass is 16.3. The highest BCUT2D eigenvalue weighted by Gasteiger charge is 2.22. The maximum atomic E-state index is 10.4. The van der Waals surface area contributed by atoms with Gasteiger partial charge in [-0.25, -0.2) is 0 Å². The summed E-state index contributed by atoms with van der Waals surface area (Å²) in [6.45, 7) is 8.23. The van der Waals surface area contributed by atoms with Gasteiger partial charge in [0.2, 0.25) is 0 Å². The molecule has 96 valence electrons. The molecule has 18 heavy (non-hydrogen) atoms. The number of aromatic amines is 1. The third-order valence-corrected chi connectivity index (χ3v) is 3.02. The van der Waals surface area contributed by atoms with Crippen molar-refractivity contribution in [1.82, 2.24) is 10.2 Å². The lowest BCUT2D eigenvalue weighted by atomic mass is 9.83. The first kappa shape index (κ1) is 12.5. The van der Waals surface area contributed by atoms with Gasteiger partial charge in [-0.1, -0.05) is 26.8 Å². The van der Waals surface area contributed by atoms with E-state index in [2.05, 4.69) is 31.0 Å². The molecule has 0 amide bonds. The van der Waals surface area contributed by atoms with E-state index in [0.717, 1.165) is 22.3 Å². The Kier molecular flexibility index (Phi) is 2.81. The third kappa shape index (κ3) is 2.06. The molecule has 2 aromatic rings. The number of H-pyrrole nitrogens is 1. The van der Waals surface area contributed by atoms with E-state index in [9.17, 15) is 5.11 Å².